The molecular formula is C19H26O5S. The van der Waals surface area contributed by atoms with E-state index in [4.69, 9.17) is 18.9 Å². The molecule has 0 aliphatic carbocycles. The predicted molar refractivity (Wildman–Crippen MR) is 96.2 cm³/mol. The molecule has 2 aliphatic heterocycles. The van der Waals surface area contributed by atoms with Gasteiger partial charge in [-0.25, -0.2) is 0 Å². The van der Waals surface area contributed by atoms with Crippen molar-refractivity contribution in [3.63, 3.8) is 0 Å². The second-order valence-electron chi connectivity index (χ2n) is 7.18. The van der Waals surface area contributed by atoms with Crippen LogP contribution in [0.2, 0.25) is 0 Å². The van der Waals surface area contributed by atoms with Gasteiger partial charge in [-0.3, -0.25) is 0 Å². The van der Waals surface area contributed by atoms with Crippen LogP contribution in [0.1, 0.15) is 27.7 Å². The van der Waals surface area contributed by atoms with Gasteiger partial charge in [0.15, 0.2) is 11.6 Å². The van der Waals surface area contributed by atoms with Gasteiger partial charge in [-0.05, 0) is 51.3 Å². The van der Waals surface area contributed by atoms with Crippen LogP contribution in [0.4, 0.5) is 0 Å². The minimum Gasteiger partial charge on any atom is -0.387 e. The first-order valence-corrected chi connectivity index (χ1v) is 9.38. The molecule has 0 radical (unpaired) electrons. The number of aliphatic hydroxyl groups excluding tert-OH is 1. The van der Waals surface area contributed by atoms with E-state index in [0.29, 0.717) is 6.61 Å². The van der Waals surface area contributed by atoms with Gasteiger partial charge in [0, 0.05) is 4.90 Å². The van der Waals surface area contributed by atoms with Crippen LogP contribution >= 0.6 is 11.8 Å². The SMILES string of the molecule is CC1(C)OC[C@@H]([C@@H](O)[C@@H]2OC(C)(C)O[C@@H]2/C=C/Sc2ccccc2)O1. The van der Waals surface area contributed by atoms with Gasteiger partial charge in [0.2, 0.25) is 0 Å². The number of benzene rings is 1. The Morgan fingerprint density at radius 2 is 1.80 bits per heavy atom. The van der Waals surface area contributed by atoms with Crippen molar-refractivity contribution < 1.29 is 24.1 Å². The normalized spacial score (nSPS) is 32.3. The number of ether oxygens (including phenoxy) is 4. The van der Waals surface area contributed by atoms with Crippen molar-refractivity contribution in [3.05, 3.63) is 41.8 Å². The third-order valence-corrected chi connectivity index (χ3v) is 4.96. The highest BCUT2D eigenvalue weighted by molar-refractivity contribution is 8.02. The number of aliphatic hydroxyl groups is 1. The number of hydrogen-bond donors (Lipinski definition) is 1. The fraction of sp³-hybridized carbons (Fsp3) is 0.579. The molecule has 2 fully saturated rings. The number of rotatable bonds is 5. The van der Waals surface area contributed by atoms with Gasteiger partial charge in [0.25, 0.3) is 0 Å². The molecule has 3 rings (SSSR count). The van der Waals surface area contributed by atoms with E-state index < -0.39 is 29.9 Å². The maximum absolute atomic E-state index is 10.7. The van der Waals surface area contributed by atoms with Crippen LogP contribution < -0.4 is 0 Å². The maximum atomic E-state index is 10.7. The highest BCUT2D eigenvalue weighted by Crippen LogP contribution is 2.35. The van der Waals surface area contributed by atoms with E-state index in [9.17, 15) is 5.11 Å². The summed E-state index contributed by atoms with van der Waals surface area (Å²) in [6.07, 6.45) is -0.199. The van der Waals surface area contributed by atoms with Crippen LogP contribution in [0.3, 0.4) is 0 Å². The molecule has 1 N–H and O–H groups in total. The molecule has 0 amide bonds. The molecule has 6 heteroatoms. The minimum atomic E-state index is -0.833. The lowest BCUT2D eigenvalue weighted by atomic mass is 10.0. The molecule has 0 bridgehead atoms. The molecule has 0 unspecified atom stereocenters. The Hall–Kier alpha value is -0.890. The first kappa shape index (κ1) is 18.9. The van der Waals surface area contributed by atoms with Crippen molar-refractivity contribution in [1.82, 2.24) is 0 Å². The van der Waals surface area contributed by atoms with Gasteiger partial charge in [0.1, 0.15) is 24.4 Å². The molecule has 2 heterocycles. The molecule has 5 nitrogen and oxygen atoms in total. The second-order valence-corrected chi connectivity index (χ2v) is 8.16. The Bertz CT molecular complexity index is 601. The zero-order chi connectivity index (χ0) is 18.1. The Kier molecular flexibility index (Phi) is 5.58. The van der Waals surface area contributed by atoms with Gasteiger partial charge in [-0.2, -0.15) is 0 Å². The molecule has 138 valence electrons. The summed E-state index contributed by atoms with van der Waals surface area (Å²) >= 11 is 1.60. The van der Waals surface area contributed by atoms with Crippen molar-refractivity contribution in [3.8, 4) is 0 Å². The van der Waals surface area contributed by atoms with Crippen LogP contribution in [0.15, 0.2) is 46.7 Å². The Morgan fingerprint density at radius 1 is 1.08 bits per heavy atom. The van der Waals surface area contributed by atoms with E-state index in [-0.39, 0.29) is 6.10 Å². The first-order chi connectivity index (χ1) is 11.8. The Morgan fingerprint density at radius 3 is 2.44 bits per heavy atom. The second kappa shape index (κ2) is 7.39. The first-order valence-electron chi connectivity index (χ1n) is 8.50. The summed E-state index contributed by atoms with van der Waals surface area (Å²) in [5, 5.41) is 12.7. The van der Waals surface area contributed by atoms with Crippen LogP contribution in [-0.4, -0.2) is 47.7 Å². The molecule has 0 spiro atoms. The molecule has 0 aromatic heterocycles. The Labute approximate surface area is 153 Å². The van der Waals surface area contributed by atoms with E-state index in [1.54, 1.807) is 11.8 Å². The van der Waals surface area contributed by atoms with E-state index in [2.05, 4.69) is 0 Å². The van der Waals surface area contributed by atoms with Crippen molar-refractivity contribution in [2.45, 2.75) is 68.6 Å². The smallest absolute Gasteiger partial charge is 0.164 e. The van der Waals surface area contributed by atoms with Crippen LogP contribution in [-0.2, 0) is 18.9 Å². The van der Waals surface area contributed by atoms with E-state index in [0.717, 1.165) is 4.90 Å². The molecule has 2 aliphatic rings. The van der Waals surface area contributed by atoms with Crippen molar-refractivity contribution in [2.75, 3.05) is 6.61 Å². The molecule has 1 aromatic carbocycles. The monoisotopic (exact) mass is 366 g/mol. The third kappa shape index (κ3) is 4.84. The third-order valence-electron chi connectivity index (χ3n) is 4.13. The largest absolute Gasteiger partial charge is 0.387 e. The molecule has 25 heavy (non-hydrogen) atoms. The van der Waals surface area contributed by atoms with Gasteiger partial charge in [-0.1, -0.05) is 30.0 Å². The van der Waals surface area contributed by atoms with Crippen LogP contribution in [0, 0.1) is 0 Å². The molecule has 1 aromatic rings. The summed E-state index contributed by atoms with van der Waals surface area (Å²) in [6.45, 7) is 7.71. The van der Waals surface area contributed by atoms with Gasteiger partial charge >= 0.3 is 0 Å². The van der Waals surface area contributed by atoms with Crippen molar-refractivity contribution in [1.29, 1.82) is 0 Å². The molecular weight excluding hydrogens is 340 g/mol. The number of thioether (sulfide) groups is 1. The predicted octanol–water partition coefficient (Wildman–Crippen LogP) is 3.32. The van der Waals surface area contributed by atoms with Crippen LogP contribution in [0.5, 0.6) is 0 Å². The molecule has 0 saturated carbocycles. The fourth-order valence-corrected chi connectivity index (χ4v) is 3.72. The van der Waals surface area contributed by atoms with Crippen LogP contribution in [0.25, 0.3) is 0 Å². The molecule has 4 atom stereocenters. The summed E-state index contributed by atoms with van der Waals surface area (Å²) in [5.74, 6) is -1.44. The highest BCUT2D eigenvalue weighted by atomic mass is 32.2. The lowest BCUT2D eigenvalue weighted by Crippen LogP contribution is -2.44. The quantitative estimate of drug-likeness (QED) is 0.807. The van der Waals surface area contributed by atoms with Crippen molar-refractivity contribution in [2.24, 2.45) is 0 Å². The van der Waals surface area contributed by atoms with E-state index in [1.165, 1.54) is 0 Å². The topological polar surface area (TPSA) is 57.2 Å². The van der Waals surface area contributed by atoms with Crippen molar-refractivity contribution >= 4 is 11.8 Å². The zero-order valence-electron chi connectivity index (χ0n) is 15.0. The summed E-state index contributed by atoms with van der Waals surface area (Å²) in [7, 11) is 0. The standard InChI is InChI=1S/C19H26O5S/c1-18(2)21-12-15(23-18)16(20)17-14(22-19(3,4)24-17)10-11-25-13-8-6-5-7-9-13/h5-11,14-17,20H,12H2,1-4H3/b11-10+/t14-,15+,16-,17-/m1/s1. The summed E-state index contributed by atoms with van der Waals surface area (Å²) < 4.78 is 23.2. The fourth-order valence-electron chi connectivity index (χ4n) is 3.02. The summed E-state index contributed by atoms with van der Waals surface area (Å²) in [5.41, 5.74) is 0. The summed E-state index contributed by atoms with van der Waals surface area (Å²) in [6, 6.07) is 10.1. The average molecular weight is 366 g/mol. The zero-order valence-corrected chi connectivity index (χ0v) is 15.9. The van der Waals surface area contributed by atoms with Gasteiger partial charge in [0.05, 0.1) is 6.61 Å². The van der Waals surface area contributed by atoms with Gasteiger partial charge in [-0.15, -0.1) is 0 Å². The minimum absolute atomic E-state index is 0.337. The lowest BCUT2D eigenvalue weighted by Gasteiger charge is -2.26. The number of hydrogen-bond acceptors (Lipinski definition) is 6. The highest BCUT2D eigenvalue weighted by Gasteiger charge is 2.48. The maximum Gasteiger partial charge on any atom is 0.164 e. The summed E-state index contributed by atoms with van der Waals surface area (Å²) in [4.78, 5) is 1.14. The lowest BCUT2D eigenvalue weighted by molar-refractivity contribution is -0.178. The van der Waals surface area contributed by atoms with E-state index in [1.807, 2.05) is 69.5 Å². The van der Waals surface area contributed by atoms with Gasteiger partial charge < -0.3 is 24.1 Å². The Balaban J connectivity index is 1.66. The average Bonchev–Trinajstić information content (AvgIpc) is 3.06. The van der Waals surface area contributed by atoms with E-state index >= 15 is 0 Å². The molecule has 2 saturated heterocycles.